The summed E-state index contributed by atoms with van der Waals surface area (Å²) in [4.78, 5) is 21.8. The lowest BCUT2D eigenvalue weighted by molar-refractivity contribution is -0.385. The molecule has 0 amide bonds. The summed E-state index contributed by atoms with van der Waals surface area (Å²) in [6.45, 7) is 0.0641. The molecule has 0 aliphatic rings. The van der Waals surface area contributed by atoms with Gasteiger partial charge in [0.25, 0.3) is 5.69 Å². The number of rotatable bonds is 6. The van der Waals surface area contributed by atoms with E-state index in [0.717, 1.165) is 7.11 Å². The average Bonchev–Trinajstić information content (AvgIpc) is 2.43. The summed E-state index contributed by atoms with van der Waals surface area (Å²) in [5.74, 6) is -0.815. The van der Waals surface area contributed by atoms with Gasteiger partial charge >= 0.3 is 5.97 Å². The summed E-state index contributed by atoms with van der Waals surface area (Å²) < 4.78 is 4.53. The maximum atomic E-state index is 11.6. The molecule has 0 aromatic heterocycles. The molecule has 0 aliphatic carbocycles. The molecule has 19 heavy (non-hydrogen) atoms. The number of halogens is 1. The van der Waals surface area contributed by atoms with Crippen LogP contribution >= 0.6 is 11.6 Å². The van der Waals surface area contributed by atoms with E-state index >= 15 is 0 Å². The van der Waals surface area contributed by atoms with Crippen LogP contribution in [0, 0.1) is 10.1 Å². The molecular weight excluding hydrogens is 276 g/mol. The highest BCUT2D eigenvalue weighted by Crippen LogP contribution is 2.27. The minimum atomic E-state index is -0.827. The van der Waals surface area contributed by atoms with E-state index in [1.807, 2.05) is 0 Å². The van der Waals surface area contributed by atoms with Crippen molar-refractivity contribution < 1.29 is 19.6 Å². The van der Waals surface area contributed by atoms with Gasteiger partial charge in [-0.05, 0) is 6.07 Å². The van der Waals surface area contributed by atoms with Crippen LogP contribution in [0.15, 0.2) is 18.2 Å². The molecule has 0 fully saturated rings. The van der Waals surface area contributed by atoms with Crippen LogP contribution in [0.25, 0.3) is 0 Å². The van der Waals surface area contributed by atoms with Crippen LogP contribution in [0.1, 0.15) is 10.4 Å². The van der Waals surface area contributed by atoms with Crippen LogP contribution in [0.3, 0.4) is 0 Å². The van der Waals surface area contributed by atoms with E-state index in [4.69, 9.17) is 11.6 Å². The second-order valence-electron chi connectivity index (χ2n) is 3.64. The van der Waals surface area contributed by atoms with Crippen molar-refractivity contribution in [1.82, 2.24) is 0 Å². The molecule has 0 aliphatic heterocycles. The van der Waals surface area contributed by atoms with Crippen molar-refractivity contribution in [2.45, 2.75) is 6.10 Å². The fourth-order valence-corrected chi connectivity index (χ4v) is 1.55. The molecule has 1 aromatic rings. The van der Waals surface area contributed by atoms with Crippen LogP contribution in [0.5, 0.6) is 0 Å². The van der Waals surface area contributed by atoms with Crippen LogP contribution in [-0.4, -0.2) is 41.6 Å². The third-order valence-corrected chi connectivity index (χ3v) is 2.69. The Bertz CT molecular complexity index is 480. The lowest BCUT2D eigenvalue weighted by Crippen LogP contribution is -2.22. The number of ether oxygens (including phenoxy) is 1. The van der Waals surface area contributed by atoms with Crippen LogP contribution in [0.4, 0.5) is 11.4 Å². The predicted molar refractivity (Wildman–Crippen MR) is 69.7 cm³/mol. The largest absolute Gasteiger partial charge is 0.465 e. The third kappa shape index (κ3) is 3.80. The molecule has 2 N–H and O–H groups in total. The first-order valence-corrected chi connectivity index (χ1v) is 5.88. The lowest BCUT2D eigenvalue weighted by atomic mass is 10.1. The molecule has 0 radical (unpaired) electrons. The first-order chi connectivity index (χ1) is 9.01. The van der Waals surface area contributed by atoms with Gasteiger partial charge in [0, 0.05) is 12.6 Å². The minimum absolute atomic E-state index is 0.00941. The van der Waals surface area contributed by atoms with Gasteiger partial charge in [-0.2, -0.15) is 0 Å². The van der Waals surface area contributed by atoms with Gasteiger partial charge in [0.05, 0.1) is 29.7 Å². The van der Waals surface area contributed by atoms with E-state index in [1.165, 1.54) is 18.2 Å². The average molecular weight is 289 g/mol. The summed E-state index contributed by atoms with van der Waals surface area (Å²) >= 11 is 5.44. The molecular formula is C11H13ClN2O5. The Morgan fingerprint density at radius 2 is 2.32 bits per heavy atom. The Balaban J connectivity index is 3.12. The second kappa shape index (κ2) is 6.91. The molecule has 0 heterocycles. The number of hydrogen-bond acceptors (Lipinski definition) is 6. The number of nitrogens with one attached hydrogen (secondary N) is 1. The summed E-state index contributed by atoms with van der Waals surface area (Å²) in [5, 5.41) is 23.0. The Morgan fingerprint density at radius 3 is 2.84 bits per heavy atom. The van der Waals surface area contributed by atoms with Crippen molar-refractivity contribution in [1.29, 1.82) is 0 Å². The zero-order valence-corrected chi connectivity index (χ0v) is 10.9. The van der Waals surface area contributed by atoms with E-state index in [0.29, 0.717) is 0 Å². The fraction of sp³-hybridized carbons (Fsp3) is 0.364. The van der Waals surface area contributed by atoms with Crippen LogP contribution in [0.2, 0.25) is 0 Å². The van der Waals surface area contributed by atoms with Crippen molar-refractivity contribution >= 4 is 28.9 Å². The summed E-state index contributed by atoms with van der Waals surface area (Å²) in [6.07, 6.45) is -0.827. The number of nitrogens with zero attached hydrogens (tertiary/aromatic N) is 1. The summed E-state index contributed by atoms with van der Waals surface area (Å²) in [7, 11) is 1.14. The van der Waals surface area contributed by atoms with Crippen molar-refractivity contribution in [2.24, 2.45) is 0 Å². The number of anilines is 1. The van der Waals surface area contributed by atoms with Gasteiger partial charge in [-0.25, -0.2) is 4.79 Å². The highest BCUT2D eigenvalue weighted by molar-refractivity contribution is 6.18. The van der Waals surface area contributed by atoms with Crippen LogP contribution < -0.4 is 5.32 Å². The number of carbonyl (C=O) groups excluding carboxylic acids is 1. The topological polar surface area (TPSA) is 102 Å². The summed E-state index contributed by atoms with van der Waals surface area (Å²) in [6, 6.07) is 4.12. The van der Waals surface area contributed by atoms with Crippen molar-refractivity contribution in [2.75, 3.05) is 24.9 Å². The molecule has 0 saturated carbocycles. The maximum absolute atomic E-state index is 11.6. The van der Waals surface area contributed by atoms with Crippen molar-refractivity contribution in [3.05, 3.63) is 33.9 Å². The number of alkyl halides is 1. The first kappa shape index (κ1) is 15.2. The van der Waals surface area contributed by atoms with Gasteiger partial charge in [0.2, 0.25) is 0 Å². The highest BCUT2D eigenvalue weighted by Gasteiger charge is 2.24. The van der Waals surface area contributed by atoms with E-state index in [2.05, 4.69) is 10.1 Å². The number of hydrogen-bond donors (Lipinski definition) is 2. The maximum Gasteiger partial charge on any atom is 0.347 e. The van der Waals surface area contributed by atoms with Gasteiger partial charge < -0.3 is 15.2 Å². The molecule has 0 spiro atoms. The SMILES string of the molecule is COC(=O)c1c(NCC(O)CCl)cccc1[N+](=O)[O-]. The molecule has 104 valence electrons. The quantitative estimate of drug-likeness (QED) is 0.355. The van der Waals surface area contributed by atoms with Crippen LogP contribution in [-0.2, 0) is 4.74 Å². The third-order valence-electron chi connectivity index (χ3n) is 2.33. The first-order valence-electron chi connectivity index (χ1n) is 5.34. The van der Waals surface area contributed by atoms with Gasteiger partial charge in [0.15, 0.2) is 5.56 Å². The number of methoxy groups -OCH3 is 1. The molecule has 0 bridgehead atoms. The summed E-state index contributed by atoms with van der Waals surface area (Å²) in [5.41, 5.74) is -0.334. The Labute approximate surface area is 114 Å². The van der Waals surface area contributed by atoms with E-state index < -0.39 is 17.0 Å². The number of nitro benzene ring substituents is 1. The fourth-order valence-electron chi connectivity index (χ4n) is 1.44. The zero-order valence-electron chi connectivity index (χ0n) is 10.1. The van der Waals surface area contributed by atoms with Crippen molar-refractivity contribution in [3.63, 3.8) is 0 Å². The monoisotopic (exact) mass is 288 g/mol. The minimum Gasteiger partial charge on any atom is -0.465 e. The molecule has 1 atom stereocenters. The number of esters is 1. The van der Waals surface area contributed by atoms with E-state index in [1.54, 1.807) is 0 Å². The number of benzene rings is 1. The standard InChI is InChI=1S/C11H13ClN2O5/c1-19-11(16)10-8(13-6-7(15)5-12)3-2-4-9(10)14(17)18/h2-4,7,13,15H,5-6H2,1H3. The molecule has 1 aromatic carbocycles. The Hall–Kier alpha value is -1.86. The smallest absolute Gasteiger partial charge is 0.347 e. The molecule has 1 rings (SSSR count). The van der Waals surface area contributed by atoms with E-state index in [9.17, 15) is 20.0 Å². The number of carbonyl (C=O) groups is 1. The zero-order chi connectivity index (χ0) is 14.4. The molecule has 1 unspecified atom stereocenters. The normalized spacial score (nSPS) is 11.7. The molecule has 7 nitrogen and oxygen atoms in total. The number of nitro groups is 1. The van der Waals surface area contributed by atoms with E-state index in [-0.39, 0.29) is 29.4 Å². The van der Waals surface area contributed by atoms with Gasteiger partial charge in [-0.1, -0.05) is 6.07 Å². The highest BCUT2D eigenvalue weighted by atomic mass is 35.5. The Morgan fingerprint density at radius 1 is 1.63 bits per heavy atom. The van der Waals surface area contributed by atoms with Gasteiger partial charge in [-0.15, -0.1) is 11.6 Å². The Kier molecular flexibility index (Phi) is 5.53. The molecule has 0 saturated heterocycles. The number of aliphatic hydroxyl groups excluding tert-OH is 1. The van der Waals surface area contributed by atoms with Gasteiger partial charge in [0.1, 0.15) is 0 Å². The van der Waals surface area contributed by atoms with Gasteiger partial charge in [-0.3, -0.25) is 10.1 Å². The van der Waals surface area contributed by atoms with Crippen molar-refractivity contribution in [3.8, 4) is 0 Å². The lowest BCUT2D eigenvalue weighted by Gasteiger charge is -2.13. The second-order valence-corrected chi connectivity index (χ2v) is 3.95. The molecule has 8 heteroatoms. The predicted octanol–water partition coefficient (Wildman–Crippen LogP) is 1.39. The number of aliphatic hydroxyl groups is 1.